The van der Waals surface area contributed by atoms with Crippen molar-refractivity contribution in [2.75, 3.05) is 6.54 Å². The highest BCUT2D eigenvalue weighted by Crippen LogP contribution is 2.33. The highest BCUT2D eigenvalue weighted by molar-refractivity contribution is 6.30. The van der Waals surface area contributed by atoms with E-state index < -0.39 is 71.7 Å². The van der Waals surface area contributed by atoms with E-state index in [0.29, 0.717) is 20.0 Å². The van der Waals surface area contributed by atoms with Crippen LogP contribution in [0.1, 0.15) is 35.9 Å². The van der Waals surface area contributed by atoms with Crippen molar-refractivity contribution in [1.29, 1.82) is 0 Å². The summed E-state index contributed by atoms with van der Waals surface area (Å²) >= 11 is 5.89. The number of nitrogens with one attached hydrogen (secondary N) is 1. The predicted octanol–water partition coefficient (Wildman–Crippen LogP) is 2.80. The molecule has 4 rings (SSSR count). The summed E-state index contributed by atoms with van der Waals surface area (Å²) in [5.41, 5.74) is 2.74. The van der Waals surface area contributed by atoms with E-state index in [0.717, 1.165) is 12.3 Å². The van der Waals surface area contributed by atoms with Gasteiger partial charge in [-0.05, 0) is 50.2 Å². The van der Waals surface area contributed by atoms with Crippen molar-refractivity contribution >= 4 is 17.5 Å². The number of nitrogens with two attached hydrogens (primary N) is 1. The molecule has 19 heteroatoms. The van der Waals surface area contributed by atoms with Crippen LogP contribution in [0.15, 0.2) is 47.4 Å². The maximum absolute atomic E-state index is 13.8. The normalized spacial score (nSPS) is 13.2. The second-order valence-electron chi connectivity index (χ2n) is 10.2. The fraction of sp³-hybridized carbons (Fsp3) is 0.360. The van der Waals surface area contributed by atoms with Gasteiger partial charge >= 0.3 is 18.0 Å². The Labute approximate surface area is 249 Å². The first kappa shape index (κ1) is 32.6. The van der Waals surface area contributed by atoms with E-state index in [4.69, 9.17) is 17.3 Å². The minimum Gasteiger partial charge on any atom is -0.382 e. The summed E-state index contributed by atoms with van der Waals surface area (Å²) in [5, 5.41) is 20.4. The quantitative estimate of drug-likeness (QED) is 0.234. The van der Waals surface area contributed by atoms with Crippen LogP contribution in [-0.4, -0.2) is 69.5 Å². The molecule has 0 aliphatic heterocycles. The van der Waals surface area contributed by atoms with Crippen molar-refractivity contribution in [2.45, 2.75) is 50.9 Å². The number of benzene rings is 1. The first-order valence-corrected chi connectivity index (χ1v) is 13.0. The number of amides is 1. The molecular weight excluding hydrogens is 624 g/mol. The van der Waals surface area contributed by atoms with Crippen LogP contribution in [-0.2, 0) is 19.3 Å². The third-order valence-electron chi connectivity index (χ3n) is 5.90. The number of carbonyl (C=O) groups is 1. The summed E-state index contributed by atoms with van der Waals surface area (Å²) in [6, 6.07) is 7.28. The predicted molar refractivity (Wildman–Crippen MR) is 143 cm³/mol. The second-order valence-corrected chi connectivity index (χ2v) is 10.7. The molecule has 0 saturated carbocycles. The fourth-order valence-electron chi connectivity index (χ4n) is 3.82. The number of alkyl halides is 6. The van der Waals surface area contributed by atoms with Gasteiger partial charge in [0.25, 0.3) is 5.91 Å². The molecule has 1 amide bonds. The molecule has 236 valence electrons. The lowest BCUT2D eigenvalue weighted by Gasteiger charge is -2.18. The van der Waals surface area contributed by atoms with Crippen LogP contribution in [0.3, 0.4) is 0 Å². The molecule has 0 aliphatic rings. The van der Waals surface area contributed by atoms with E-state index in [1.807, 2.05) is 0 Å². The van der Waals surface area contributed by atoms with Crippen molar-refractivity contribution in [2.24, 2.45) is 5.73 Å². The van der Waals surface area contributed by atoms with Gasteiger partial charge < -0.3 is 16.2 Å². The molecule has 3 aromatic heterocycles. The zero-order valence-corrected chi connectivity index (χ0v) is 23.6. The Balaban J connectivity index is 1.82. The number of aliphatic hydroxyl groups excluding tert-OH is 1. The summed E-state index contributed by atoms with van der Waals surface area (Å²) < 4.78 is 82.7. The minimum absolute atomic E-state index is 0.113. The van der Waals surface area contributed by atoms with Crippen LogP contribution in [0.5, 0.6) is 0 Å². The molecule has 3 heterocycles. The van der Waals surface area contributed by atoms with Crippen molar-refractivity contribution in [3.8, 4) is 17.2 Å². The van der Waals surface area contributed by atoms with Gasteiger partial charge in [0.2, 0.25) is 5.82 Å². The summed E-state index contributed by atoms with van der Waals surface area (Å²) in [4.78, 5) is 34.0. The van der Waals surface area contributed by atoms with Gasteiger partial charge in [0, 0.05) is 28.9 Å². The van der Waals surface area contributed by atoms with E-state index in [2.05, 4.69) is 25.5 Å². The number of hydrogen-bond donors (Lipinski definition) is 3. The third kappa shape index (κ3) is 7.43. The van der Waals surface area contributed by atoms with Gasteiger partial charge in [-0.15, -0.1) is 10.2 Å². The van der Waals surface area contributed by atoms with Crippen LogP contribution in [0, 0.1) is 0 Å². The summed E-state index contributed by atoms with van der Waals surface area (Å²) in [6.45, 7) is 1.13. The Morgan fingerprint density at radius 2 is 1.75 bits per heavy atom. The Bertz CT molecular complexity index is 1710. The molecule has 1 aromatic carbocycles. The molecule has 1 unspecified atom stereocenters. The van der Waals surface area contributed by atoms with E-state index in [-0.39, 0.29) is 23.0 Å². The molecule has 4 aromatic rings. The summed E-state index contributed by atoms with van der Waals surface area (Å²) in [7, 11) is 0. The molecule has 0 bridgehead atoms. The lowest BCUT2D eigenvalue weighted by molar-refractivity contribution is -0.207. The number of rotatable bonds is 9. The number of hydrogen-bond acceptors (Lipinski definition) is 8. The molecule has 0 radical (unpaired) electrons. The second kappa shape index (κ2) is 12.0. The standard InChI is InChI=1S/C25H24ClF6N9O3/c1-23(2,33)12-35-21(43)20-36-17(37-41(20)19-15(24(27,28)29)4-3-9-34-19)11-40-22(44)39(10-16(42)25(30,31)32)18(38-40)13-5-7-14(26)8-6-13/h3-9,16,42H,10-12,33H2,1-2H3,(H,35,43). The SMILES string of the molecule is CC(C)(N)CNC(=O)c1nc(Cn2nc(-c3ccc(Cl)cc3)n(CC(O)C(F)(F)F)c2=O)nn1-c1ncccc1C(F)(F)F. The Morgan fingerprint density at radius 3 is 2.34 bits per heavy atom. The van der Waals surface area contributed by atoms with Gasteiger partial charge in [-0.1, -0.05) is 11.6 Å². The maximum atomic E-state index is 13.8. The average Bonchev–Trinajstić information content (AvgIpc) is 3.48. The minimum atomic E-state index is -5.07. The van der Waals surface area contributed by atoms with Crippen LogP contribution >= 0.6 is 11.6 Å². The molecule has 0 spiro atoms. The lowest BCUT2D eigenvalue weighted by atomic mass is 10.1. The van der Waals surface area contributed by atoms with E-state index in [9.17, 15) is 41.0 Å². The monoisotopic (exact) mass is 647 g/mol. The largest absolute Gasteiger partial charge is 0.420 e. The maximum Gasteiger partial charge on any atom is 0.420 e. The topological polar surface area (TPSA) is 159 Å². The van der Waals surface area contributed by atoms with Crippen molar-refractivity contribution in [3.05, 3.63) is 75.3 Å². The highest BCUT2D eigenvalue weighted by Gasteiger charge is 2.40. The van der Waals surface area contributed by atoms with Gasteiger partial charge in [-0.25, -0.2) is 19.4 Å². The first-order valence-electron chi connectivity index (χ1n) is 12.6. The van der Waals surface area contributed by atoms with Crippen LogP contribution < -0.4 is 16.7 Å². The lowest BCUT2D eigenvalue weighted by Crippen LogP contribution is -2.45. The van der Waals surface area contributed by atoms with E-state index in [1.54, 1.807) is 13.8 Å². The molecule has 12 nitrogen and oxygen atoms in total. The summed E-state index contributed by atoms with van der Waals surface area (Å²) in [6.07, 6.45) is -11.9. The number of nitrogens with zero attached hydrogens (tertiary/aromatic N) is 7. The third-order valence-corrected chi connectivity index (χ3v) is 6.15. The van der Waals surface area contributed by atoms with Gasteiger partial charge in [-0.2, -0.15) is 31.0 Å². The van der Waals surface area contributed by atoms with E-state index >= 15 is 0 Å². The van der Waals surface area contributed by atoms with Crippen molar-refractivity contribution in [1.82, 2.24) is 39.4 Å². The molecule has 44 heavy (non-hydrogen) atoms. The highest BCUT2D eigenvalue weighted by atomic mass is 35.5. The number of aliphatic hydroxyl groups is 1. The summed E-state index contributed by atoms with van der Waals surface area (Å²) in [5.74, 6) is -3.13. The van der Waals surface area contributed by atoms with Gasteiger partial charge in [0.1, 0.15) is 12.1 Å². The number of carbonyl (C=O) groups excluding carboxylic acids is 1. The number of halogens is 7. The van der Waals surface area contributed by atoms with Crippen LogP contribution in [0.4, 0.5) is 26.3 Å². The Kier molecular flexibility index (Phi) is 8.90. The zero-order chi connectivity index (χ0) is 32.6. The van der Waals surface area contributed by atoms with Gasteiger partial charge in [0.05, 0.1) is 6.54 Å². The fourth-order valence-corrected chi connectivity index (χ4v) is 3.95. The van der Waals surface area contributed by atoms with Gasteiger partial charge in [-0.3, -0.25) is 9.36 Å². The molecular formula is C25H24ClF6N9O3. The van der Waals surface area contributed by atoms with Crippen LogP contribution in [0.25, 0.3) is 17.2 Å². The Hall–Kier alpha value is -4.29. The molecule has 0 aliphatic carbocycles. The number of pyridine rings is 1. The first-order chi connectivity index (χ1) is 20.3. The Morgan fingerprint density at radius 1 is 1.09 bits per heavy atom. The molecule has 0 saturated heterocycles. The number of aromatic nitrogens is 7. The molecule has 0 fully saturated rings. The average molecular weight is 648 g/mol. The van der Waals surface area contributed by atoms with Crippen molar-refractivity contribution in [3.63, 3.8) is 0 Å². The molecule has 4 N–H and O–H groups in total. The van der Waals surface area contributed by atoms with E-state index in [1.165, 1.54) is 24.3 Å². The zero-order valence-electron chi connectivity index (χ0n) is 22.9. The smallest absolute Gasteiger partial charge is 0.382 e. The van der Waals surface area contributed by atoms with Gasteiger partial charge in [0.15, 0.2) is 23.6 Å². The molecule has 1 atom stereocenters. The van der Waals surface area contributed by atoms with Crippen LogP contribution in [0.2, 0.25) is 5.02 Å². The van der Waals surface area contributed by atoms with Crippen molar-refractivity contribution < 1.29 is 36.2 Å².